The molecule has 214 valence electrons. The number of benzene rings is 2. The fourth-order valence-corrected chi connectivity index (χ4v) is 5.92. The number of amides is 2. The molecule has 3 fully saturated rings. The fraction of sp³-hybridized carbons (Fsp3) is 0.500. The van der Waals surface area contributed by atoms with Gasteiger partial charge in [-0.3, -0.25) is 9.59 Å². The van der Waals surface area contributed by atoms with Gasteiger partial charge in [0.15, 0.2) is 0 Å². The first-order chi connectivity index (χ1) is 19.2. The van der Waals surface area contributed by atoms with Gasteiger partial charge in [0.25, 0.3) is 5.91 Å². The SMILES string of the molecule is CCOC(=O)C1CC2(CCN(C(=O)Cc3c(F)cccc3Cl)CC2)CN1C(=O)c1ccc(OCC2CC2)cc1F. The maximum atomic E-state index is 15.1. The van der Waals surface area contributed by atoms with Gasteiger partial charge in [-0.1, -0.05) is 17.7 Å². The van der Waals surface area contributed by atoms with E-state index < -0.39 is 35.0 Å². The van der Waals surface area contributed by atoms with E-state index in [0.29, 0.717) is 50.6 Å². The fourth-order valence-electron chi connectivity index (χ4n) is 5.69. The van der Waals surface area contributed by atoms with Crippen LogP contribution >= 0.6 is 11.6 Å². The van der Waals surface area contributed by atoms with Crippen molar-refractivity contribution in [2.45, 2.75) is 51.5 Å². The van der Waals surface area contributed by atoms with Gasteiger partial charge in [0, 0.05) is 36.3 Å². The number of ether oxygens (including phenoxy) is 2. The molecule has 2 aliphatic heterocycles. The van der Waals surface area contributed by atoms with E-state index in [0.717, 1.165) is 12.8 Å². The molecular formula is C30H33ClF2N2O5. The lowest BCUT2D eigenvalue weighted by Gasteiger charge is -2.39. The normalized spacial score (nSPS) is 20.1. The molecule has 2 amide bonds. The van der Waals surface area contributed by atoms with Crippen molar-refractivity contribution in [3.05, 3.63) is 64.2 Å². The van der Waals surface area contributed by atoms with E-state index in [1.807, 2.05) is 0 Å². The Hall–Kier alpha value is -3.20. The van der Waals surface area contributed by atoms with Gasteiger partial charge in [0.05, 0.1) is 25.2 Å². The Bertz CT molecular complexity index is 1270. The lowest BCUT2D eigenvalue weighted by atomic mass is 9.76. The van der Waals surface area contributed by atoms with Gasteiger partial charge in [-0.05, 0) is 74.6 Å². The second-order valence-electron chi connectivity index (χ2n) is 11.1. The van der Waals surface area contributed by atoms with E-state index in [-0.39, 0.29) is 41.6 Å². The van der Waals surface area contributed by atoms with Gasteiger partial charge in [-0.2, -0.15) is 0 Å². The quantitative estimate of drug-likeness (QED) is 0.413. The van der Waals surface area contributed by atoms with Gasteiger partial charge in [-0.25, -0.2) is 13.6 Å². The summed E-state index contributed by atoms with van der Waals surface area (Å²) in [7, 11) is 0. The zero-order valence-electron chi connectivity index (χ0n) is 22.5. The summed E-state index contributed by atoms with van der Waals surface area (Å²) in [6.45, 7) is 3.41. The van der Waals surface area contributed by atoms with Crippen LogP contribution in [0.4, 0.5) is 8.78 Å². The smallest absolute Gasteiger partial charge is 0.328 e. The number of piperidine rings is 1. The number of carbonyl (C=O) groups is 3. The van der Waals surface area contributed by atoms with Crippen LogP contribution in [0.2, 0.25) is 5.02 Å². The summed E-state index contributed by atoms with van der Waals surface area (Å²) >= 11 is 6.10. The Morgan fingerprint density at radius 2 is 1.82 bits per heavy atom. The average molecular weight is 575 g/mol. The summed E-state index contributed by atoms with van der Waals surface area (Å²) in [5.41, 5.74) is -0.386. The number of likely N-dealkylation sites (tertiary alicyclic amines) is 2. The number of halogens is 3. The first kappa shape index (κ1) is 28.3. The summed E-state index contributed by atoms with van der Waals surface area (Å²) in [6, 6.07) is 7.67. The summed E-state index contributed by atoms with van der Waals surface area (Å²) in [5.74, 6) is -1.68. The highest BCUT2D eigenvalue weighted by Gasteiger charge is 2.51. The Kier molecular flexibility index (Phi) is 8.31. The minimum absolute atomic E-state index is 0.125. The molecule has 0 N–H and O–H groups in total. The Morgan fingerprint density at radius 1 is 1.07 bits per heavy atom. The van der Waals surface area contributed by atoms with Crippen LogP contribution in [0.5, 0.6) is 5.75 Å². The summed E-state index contributed by atoms with van der Waals surface area (Å²) in [6.07, 6.45) is 3.52. The topological polar surface area (TPSA) is 76.2 Å². The molecule has 2 heterocycles. The third-order valence-electron chi connectivity index (χ3n) is 8.25. The van der Waals surface area contributed by atoms with E-state index in [9.17, 15) is 18.8 Å². The lowest BCUT2D eigenvalue weighted by Crippen LogP contribution is -2.45. The van der Waals surface area contributed by atoms with Gasteiger partial charge in [0.1, 0.15) is 23.4 Å². The molecule has 2 aromatic rings. The van der Waals surface area contributed by atoms with E-state index in [4.69, 9.17) is 21.1 Å². The highest BCUT2D eigenvalue weighted by Crippen LogP contribution is 2.44. The lowest BCUT2D eigenvalue weighted by molar-refractivity contribution is -0.147. The van der Waals surface area contributed by atoms with E-state index in [2.05, 4.69) is 0 Å². The van der Waals surface area contributed by atoms with Crippen molar-refractivity contribution in [1.82, 2.24) is 9.80 Å². The molecule has 2 aromatic carbocycles. The maximum absolute atomic E-state index is 15.1. The number of carbonyl (C=O) groups excluding carboxylic acids is 3. The molecule has 1 atom stereocenters. The molecule has 0 aromatic heterocycles. The predicted octanol–water partition coefficient (Wildman–Crippen LogP) is 5.04. The molecule has 10 heteroatoms. The van der Waals surface area contributed by atoms with Gasteiger partial charge in [-0.15, -0.1) is 0 Å². The van der Waals surface area contributed by atoms with Crippen molar-refractivity contribution in [3.8, 4) is 5.75 Å². The van der Waals surface area contributed by atoms with Crippen molar-refractivity contribution in [3.63, 3.8) is 0 Å². The van der Waals surface area contributed by atoms with Crippen LogP contribution in [0.3, 0.4) is 0 Å². The molecule has 1 saturated carbocycles. The average Bonchev–Trinajstić information content (AvgIpc) is 3.70. The number of rotatable bonds is 8. The summed E-state index contributed by atoms with van der Waals surface area (Å²) in [5, 5.41) is 0.207. The molecule has 0 bridgehead atoms. The number of esters is 1. The van der Waals surface area contributed by atoms with Crippen molar-refractivity contribution in [2.24, 2.45) is 11.3 Å². The molecule has 0 radical (unpaired) electrons. The van der Waals surface area contributed by atoms with E-state index in [1.54, 1.807) is 24.0 Å². The predicted molar refractivity (Wildman–Crippen MR) is 144 cm³/mol. The summed E-state index contributed by atoms with van der Waals surface area (Å²) < 4.78 is 40.2. The number of hydrogen-bond donors (Lipinski definition) is 0. The third-order valence-corrected chi connectivity index (χ3v) is 8.60. The van der Waals surface area contributed by atoms with Crippen LogP contribution in [0, 0.1) is 23.0 Å². The molecule has 3 aliphatic rings. The Morgan fingerprint density at radius 3 is 2.48 bits per heavy atom. The Balaban J connectivity index is 1.27. The standard InChI is InChI=1S/C30H33ClF2N2O5/c1-2-39-29(38)26-16-30(10-12-34(13-11-30)27(36)15-22-23(31)4-3-5-24(22)32)18-35(26)28(37)21-9-8-20(14-25(21)33)40-17-19-6-7-19/h3-5,8-9,14,19,26H,2,6-7,10-13,15-18H2,1H3. The minimum atomic E-state index is -0.850. The molecule has 7 nitrogen and oxygen atoms in total. The third kappa shape index (κ3) is 6.09. The summed E-state index contributed by atoms with van der Waals surface area (Å²) in [4.78, 5) is 42.5. The zero-order chi connectivity index (χ0) is 28.4. The number of hydrogen-bond acceptors (Lipinski definition) is 5. The van der Waals surface area contributed by atoms with Crippen molar-refractivity contribution in [2.75, 3.05) is 32.8 Å². The Labute approximate surface area is 237 Å². The molecule has 40 heavy (non-hydrogen) atoms. The van der Waals surface area contributed by atoms with Gasteiger partial charge in [0.2, 0.25) is 5.91 Å². The van der Waals surface area contributed by atoms with Crippen LogP contribution < -0.4 is 4.74 Å². The van der Waals surface area contributed by atoms with Crippen LogP contribution in [0.1, 0.15) is 54.9 Å². The van der Waals surface area contributed by atoms with Gasteiger partial charge >= 0.3 is 5.97 Å². The van der Waals surface area contributed by atoms with Crippen LogP contribution in [0.25, 0.3) is 0 Å². The monoisotopic (exact) mass is 574 g/mol. The molecule has 5 rings (SSSR count). The molecular weight excluding hydrogens is 542 g/mol. The van der Waals surface area contributed by atoms with Crippen LogP contribution in [-0.2, 0) is 20.7 Å². The van der Waals surface area contributed by atoms with Crippen LogP contribution in [0.15, 0.2) is 36.4 Å². The zero-order valence-corrected chi connectivity index (χ0v) is 23.2. The van der Waals surface area contributed by atoms with E-state index >= 15 is 4.39 Å². The molecule has 1 spiro atoms. The first-order valence-corrected chi connectivity index (χ1v) is 14.2. The second kappa shape index (κ2) is 11.7. The number of nitrogens with zero attached hydrogens (tertiary/aromatic N) is 2. The molecule has 2 saturated heterocycles. The highest BCUT2D eigenvalue weighted by atomic mass is 35.5. The minimum Gasteiger partial charge on any atom is -0.493 e. The van der Waals surface area contributed by atoms with Crippen molar-refractivity contribution in [1.29, 1.82) is 0 Å². The maximum Gasteiger partial charge on any atom is 0.328 e. The molecule has 1 unspecified atom stereocenters. The van der Waals surface area contributed by atoms with Gasteiger partial charge < -0.3 is 19.3 Å². The van der Waals surface area contributed by atoms with Crippen molar-refractivity contribution >= 4 is 29.4 Å². The van der Waals surface area contributed by atoms with Crippen molar-refractivity contribution < 1.29 is 32.6 Å². The largest absolute Gasteiger partial charge is 0.493 e. The highest BCUT2D eigenvalue weighted by molar-refractivity contribution is 6.31. The van der Waals surface area contributed by atoms with E-state index in [1.165, 1.54) is 29.2 Å². The second-order valence-corrected chi connectivity index (χ2v) is 11.5. The van der Waals surface area contributed by atoms with Crippen LogP contribution in [-0.4, -0.2) is 66.5 Å². The first-order valence-electron chi connectivity index (χ1n) is 13.8. The molecule has 1 aliphatic carbocycles.